The zero-order valence-corrected chi connectivity index (χ0v) is 41.4. The van der Waals surface area contributed by atoms with Gasteiger partial charge in [-0.05, 0) is 74.7 Å². The van der Waals surface area contributed by atoms with Crippen molar-refractivity contribution in [2.24, 2.45) is 0 Å². The van der Waals surface area contributed by atoms with Crippen LogP contribution in [0.15, 0.2) is 91.1 Å². The third kappa shape index (κ3) is 13.8. The van der Waals surface area contributed by atoms with Gasteiger partial charge < -0.3 is 57.5 Å². The van der Waals surface area contributed by atoms with Crippen LogP contribution >= 0.6 is 0 Å². The van der Waals surface area contributed by atoms with E-state index in [1.165, 1.54) is 12.0 Å². The molecule has 2 atom stereocenters. The number of benzene rings is 4. The number of anilines is 1. The smallest absolute Gasteiger partial charge is 0.410 e. The number of hydrogen-bond donors (Lipinski definition) is 1. The van der Waals surface area contributed by atoms with Crippen molar-refractivity contribution in [1.82, 2.24) is 24.5 Å². The van der Waals surface area contributed by atoms with Crippen LogP contribution in [0.4, 0.5) is 10.6 Å². The van der Waals surface area contributed by atoms with Crippen LogP contribution in [0.2, 0.25) is 0 Å². The van der Waals surface area contributed by atoms with Crippen LogP contribution in [-0.2, 0) is 29.2 Å². The van der Waals surface area contributed by atoms with Gasteiger partial charge in [-0.1, -0.05) is 49.7 Å². The molecule has 69 heavy (non-hydrogen) atoms. The Morgan fingerprint density at radius 1 is 0.768 bits per heavy atom. The van der Waals surface area contributed by atoms with E-state index >= 15 is 0 Å². The topological polar surface area (TPSA) is 170 Å². The second kappa shape index (κ2) is 24.3. The van der Waals surface area contributed by atoms with E-state index in [1.807, 2.05) is 92.4 Å². The number of carbonyl (C=O) groups is 1. The fourth-order valence-corrected chi connectivity index (χ4v) is 7.48. The third-order valence-electron chi connectivity index (χ3n) is 11.1. The van der Waals surface area contributed by atoms with Gasteiger partial charge in [-0.25, -0.2) is 14.3 Å². The number of rotatable bonds is 25. The summed E-state index contributed by atoms with van der Waals surface area (Å²) in [5.41, 5.74) is 3.26. The lowest BCUT2D eigenvalue weighted by atomic mass is 10.1. The van der Waals surface area contributed by atoms with Crippen LogP contribution in [0.5, 0.6) is 40.5 Å². The Labute approximate surface area is 404 Å². The van der Waals surface area contributed by atoms with E-state index in [0.29, 0.717) is 83.3 Å². The molecular weight excluding hydrogens is 885 g/mol. The molecule has 1 N–H and O–H groups in total. The van der Waals surface area contributed by atoms with Crippen LogP contribution in [0, 0.1) is 0 Å². The van der Waals surface area contributed by atoms with Crippen LogP contribution in [0.1, 0.15) is 81.0 Å². The molecule has 0 bridgehead atoms. The van der Waals surface area contributed by atoms with E-state index in [4.69, 9.17) is 57.7 Å². The third-order valence-corrected chi connectivity index (χ3v) is 11.1. The minimum atomic E-state index is -1.26. The molecule has 1 amide bonds. The number of aliphatic hydroxyl groups is 1. The predicted molar refractivity (Wildman–Crippen MR) is 261 cm³/mol. The lowest BCUT2D eigenvalue weighted by Crippen LogP contribution is -2.36. The summed E-state index contributed by atoms with van der Waals surface area (Å²) in [5.74, 6) is 3.71. The number of imidazole rings is 1. The fraction of sp³-hybridized carbons (Fsp3) is 0.423. The fourth-order valence-electron chi connectivity index (χ4n) is 7.48. The summed E-state index contributed by atoms with van der Waals surface area (Å²) in [7, 11) is 9.61. The van der Waals surface area contributed by atoms with Crippen molar-refractivity contribution >= 4 is 17.6 Å². The number of amides is 1. The molecule has 370 valence electrons. The number of likely N-dealkylation sites (N-methyl/N-ethyl adjacent to an activating group) is 1. The Kier molecular flexibility index (Phi) is 18.1. The summed E-state index contributed by atoms with van der Waals surface area (Å²) in [6.07, 6.45) is 1.67. The molecule has 6 aromatic rings. The Morgan fingerprint density at radius 2 is 1.42 bits per heavy atom. The normalized spacial score (nSPS) is 12.2. The molecule has 0 radical (unpaired) electrons. The zero-order chi connectivity index (χ0) is 49.5. The molecule has 0 aliphatic rings. The summed E-state index contributed by atoms with van der Waals surface area (Å²) in [4.78, 5) is 26.1. The molecule has 17 nitrogen and oxygen atoms in total. The predicted octanol–water partition coefficient (Wildman–Crippen LogP) is 8.86. The first kappa shape index (κ1) is 51.4. The largest absolute Gasteiger partial charge is 0.497 e. The number of fused-ring (bicyclic) bond motifs is 1. The molecule has 1 unspecified atom stereocenters. The van der Waals surface area contributed by atoms with E-state index in [1.54, 1.807) is 64.4 Å². The molecule has 17 heteroatoms. The van der Waals surface area contributed by atoms with Crippen LogP contribution in [0.3, 0.4) is 0 Å². The van der Waals surface area contributed by atoms with Crippen LogP contribution in [-0.4, -0.2) is 110 Å². The van der Waals surface area contributed by atoms with Gasteiger partial charge in [0.05, 0.1) is 67.2 Å². The van der Waals surface area contributed by atoms with Crippen LogP contribution in [0.25, 0.3) is 5.65 Å². The minimum absolute atomic E-state index is 0.0757. The standard InChI is InChI=1S/C52H66N6O11/c1-11-15-39(24-26-66-34-35-16-13-12-14-17-35)68-50-54-49(57(32-37-18-21-40(61-6)29-44(37)64-9)33-38-19-22-41(62-7)30-45(38)65-10)48-53-31-42(58(48)55-50)47(59)36-20-23-43(63-8)46(28-36)67-27-25-56(5)51(60)69-52(2,3)4/h12-14,16-23,28-31,39,47,59H,11,15,24-27,32-34H2,1-10H3/t39-,47?/m1/s1. The first-order chi connectivity index (χ1) is 33.3. The van der Waals surface area contributed by atoms with E-state index in [-0.39, 0.29) is 38.4 Å². The monoisotopic (exact) mass is 950 g/mol. The molecule has 6 rings (SSSR count). The van der Waals surface area contributed by atoms with Crippen molar-refractivity contribution < 1.29 is 52.5 Å². The van der Waals surface area contributed by atoms with Crippen molar-refractivity contribution in [3.63, 3.8) is 0 Å². The van der Waals surface area contributed by atoms with Gasteiger partial charge in [0.1, 0.15) is 47.4 Å². The number of carbonyl (C=O) groups excluding carboxylic acids is 1. The molecular formula is C52H66N6O11. The van der Waals surface area contributed by atoms with Gasteiger partial charge in [0, 0.05) is 49.8 Å². The molecule has 4 aromatic carbocycles. The number of ether oxygens (including phenoxy) is 9. The van der Waals surface area contributed by atoms with E-state index in [0.717, 1.165) is 23.1 Å². The number of hydrogen-bond acceptors (Lipinski definition) is 15. The molecule has 2 heterocycles. The maximum atomic E-state index is 12.6. The SMILES string of the molecule is CCC[C@H](CCOCc1ccccc1)Oc1nc(N(Cc2ccc(OC)cc2OC)Cc2ccc(OC)cc2OC)c2ncc(C(O)c3ccc(OC)c(OCCN(C)C(=O)OC(C)(C)C)c3)n2n1. The maximum absolute atomic E-state index is 12.6. The highest BCUT2D eigenvalue weighted by molar-refractivity contribution is 5.68. The summed E-state index contributed by atoms with van der Waals surface area (Å²) < 4.78 is 54.5. The average Bonchev–Trinajstić information content (AvgIpc) is 3.78. The Morgan fingerprint density at radius 3 is 2.01 bits per heavy atom. The summed E-state index contributed by atoms with van der Waals surface area (Å²) >= 11 is 0. The Balaban J connectivity index is 1.41. The highest BCUT2D eigenvalue weighted by atomic mass is 16.6. The van der Waals surface area contributed by atoms with Crippen molar-refractivity contribution in [2.45, 2.75) is 84.5 Å². The van der Waals surface area contributed by atoms with Gasteiger partial charge in [0.25, 0.3) is 0 Å². The molecule has 0 aliphatic carbocycles. The summed E-state index contributed by atoms with van der Waals surface area (Å²) in [6, 6.07) is 26.5. The molecule has 0 fully saturated rings. The Bertz CT molecular complexity index is 2530. The highest BCUT2D eigenvalue weighted by Gasteiger charge is 2.27. The number of aromatic nitrogens is 4. The first-order valence-corrected chi connectivity index (χ1v) is 22.9. The number of methoxy groups -OCH3 is 5. The number of nitrogens with zero attached hydrogens (tertiary/aromatic N) is 6. The minimum Gasteiger partial charge on any atom is -0.497 e. The van der Waals surface area contributed by atoms with E-state index in [2.05, 4.69) is 6.92 Å². The van der Waals surface area contributed by atoms with Crippen molar-refractivity contribution in [2.75, 3.05) is 67.3 Å². The van der Waals surface area contributed by atoms with E-state index in [9.17, 15) is 9.90 Å². The van der Waals surface area contributed by atoms with Crippen molar-refractivity contribution in [1.29, 1.82) is 0 Å². The summed E-state index contributed by atoms with van der Waals surface area (Å²) in [6.45, 7) is 9.38. The first-order valence-electron chi connectivity index (χ1n) is 22.9. The van der Waals surface area contributed by atoms with Gasteiger partial charge in [-0.15, -0.1) is 5.10 Å². The molecule has 2 aromatic heterocycles. The number of aliphatic hydroxyl groups excluding tert-OH is 1. The van der Waals surface area contributed by atoms with Gasteiger partial charge >= 0.3 is 12.1 Å². The molecule has 0 spiro atoms. The second-order valence-electron chi connectivity index (χ2n) is 17.3. The van der Waals surface area contributed by atoms with Crippen LogP contribution < -0.4 is 38.1 Å². The zero-order valence-electron chi connectivity index (χ0n) is 41.4. The lowest BCUT2D eigenvalue weighted by Gasteiger charge is -2.27. The molecule has 0 aliphatic heterocycles. The molecule has 0 saturated carbocycles. The van der Waals surface area contributed by atoms with Crippen molar-refractivity contribution in [3.8, 4) is 40.5 Å². The van der Waals surface area contributed by atoms with E-state index < -0.39 is 17.8 Å². The van der Waals surface area contributed by atoms with Crippen molar-refractivity contribution in [3.05, 3.63) is 119 Å². The summed E-state index contributed by atoms with van der Waals surface area (Å²) in [5, 5.41) is 17.2. The van der Waals surface area contributed by atoms with Gasteiger partial charge in [-0.2, -0.15) is 4.98 Å². The quantitative estimate of drug-likeness (QED) is 0.0540. The van der Waals surface area contributed by atoms with Gasteiger partial charge in [0.2, 0.25) is 0 Å². The average molecular weight is 951 g/mol. The van der Waals surface area contributed by atoms with Gasteiger partial charge in [-0.3, -0.25) is 0 Å². The van der Waals surface area contributed by atoms with Gasteiger partial charge in [0.15, 0.2) is 23.0 Å². The molecule has 0 saturated heterocycles. The second-order valence-corrected chi connectivity index (χ2v) is 17.3. The Hall–Kier alpha value is -6.98. The maximum Gasteiger partial charge on any atom is 0.410 e. The lowest BCUT2D eigenvalue weighted by molar-refractivity contribution is 0.0277. The highest BCUT2D eigenvalue weighted by Crippen LogP contribution is 2.36.